The van der Waals surface area contributed by atoms with Crippen molar-refractivity contribution in [3.8, 4) is 0 Å². The first-order valence-corrected chi connectivity index (χ1v) is 39.6. The summed E-state index contributed by atoms with van der Waals surface area (Å²) >= 11 is 0. The number of hydrogen-bond acceptors (Lipinski definition) is 15. The molecular weight excluding hydrogens is 1170 g/mol. The Kier molecular flexibility index (Phi) is 62.1. The Morgan fingerprint density at radius 1 is 0.303 bits per heavy atom. The Hall–Kier alpha value is -1.94. The molecule has 17 nitrogen and oxygen atoms in total. The van der Waals surface area contributed by atoms with Gasteiger partial charge in [0.15, 0.2) is 12.2 Å². The van der Waals surface area contributed by atoms with Crippen molar-refractivity contribution in [1.29, 1.82) is 0 Å². The fraction of sp³-hybridized carbons (Fsp3) is 0.943. The van der Waals surface area contributed by atoms with E-state index in [1.54, 1.807) is 0 Å². The number of carbonyl (C=O) groups excluding carboxylic acids is 4. The third-order valence-electron chi connectivity index (χ3n) is 16.3. The highest BCUT2D eigenvalue weighted by Gasteiger charge is 2.30. The molecule has 0 aromatic carbocycles. The van der Waals surface area contributed by atoms with Crippen LogP contribution in [0.4, 0.5) is 0 Å². The average Bonchev–Trinajstić information content (AvgIpc) is 3.55. The van der Waals surface area contributed by atoms with Crippen LogP contribution in [0.25, 0.3) is 0 Å². The molecule has 0 aliphatic carbocycles. The molecule has 0 aliphatic heterocycles. The van der Waals surface area contributed by atoms with Gasteiger partial charge in [0.25, 0.3) is 0 Å². The Bertz CT molecular complexity index is 1720. The third kappa shape index (κ3) is 64.6. The van der Waals surface area contributed by atoms with Crippen molar-refractivity contribution in [2.45, 2.75) is 380 Å². The zero-order valence-corrected chi connectivity index (χ0v) is 59.4. The molecule has 0 radical (unpaired) electrons. The summed E-state index contributed by atoms with van der Waals surface area (Å²) in [5.41, 5.74) is 0. The zero-order chi connectivity index (χ0) is 65.6. The summed E-state index contributed by atoms with van der Waals surface area (Å²) in [5, 5.41) is 10.6. The Morgan fingerprint density at radius 2 is 0.517 bits per heavy atom. The molecule has 0 saturated heterocycles. The van der Waals surface area contributed by atoms with Crippen LogP contribution in [0.15, 0.2) is 0 Å². The number of unbranched alkanes of at least 4 members (excludes halogenated alkanes) is 42. The van der Waals surface area contributed by atoms with Gasteiger partial charge in [-0.3, -0.25) is 37.3 Å². The number of aliphatic hydroxyl groups excluding tert-OH is 1. The standard InChI is InChI=1S/C70H136O17P2/c1-6-9-12-15-18-21-23-24-25-26-27-28-29-30-32-34-41-46-51-56-70(75)87-66(60-81-68(73)54-49-44-39-36-35-37-42-47-52-63(4)5)62-85-89(78,79)83-58-64(71)57-82-88(76,77)84-61-65(59-80-67(72)53-48-43-38-20-17-14-11-8-3)86-69(74)55-50-45-40-33-31-22-19-16-13-10-7-2/h63-66,71H,6-62H2,1-5H3,(H,76,77)(H,78,79)/t64-,65+,66+/m0/s1. The number of phosphoric ester groups is 2. The van der Waals surface area contributed by atoms with Crippen molar-refractivity contribution in [1.82, 2.24) is 0 Å². The molecule has 0 aromatic heterocycles. The summed E-state index contributed by atoms with van der Waals surface area (Å²) in [7, 11) is -9.89. The molecule has 19 heteroatoms. The minimum atomic E-state index is -4.95. The average molecular weight is 1310 g/mol. The van der Waals surface area contributed by atoms with Crippen molar-refractivity contribution in [3.05, 3.63) is 0 Å². The molecule has 0 bridgehead atoms. The lowest BCUT2D eigenvalue weighted by atomic mass is 10.0. The van der Waals surface area contributed by atoms with Crippen molar-refractivity contribution < 1.29 is 80.2 Å². The molecule has 2 unspecified atom stereocenters. The normalized spacial score (nSPS) is 14.1. The van der Waals surface area contributed by atoms with Crippen LogP contribution in [0, 0.1) is 5.92 Å². The molecule has 89 heavy (non-hydrogen) atoms. The van der Waals surface area contributed by atoms with Gasteiger partial charge in [-0.05, 0) is 31.6 Å². The highest BCUT2D eigenvalue weighted by molar-refractivity contribution is 7.47. The summed E-state index contributed by atoms with van der Waals surface area (Å²) in [4.78, 5) is 72.4. The van der Waals surface area contributed by atoms with E-state index in [0.29, 0.717) is 25.7 Å². The van der Waals surface area contributed by atoms with Gasteiger partial charge in [-0.15, -0.1) is 0 Å². The zero-order valence-electron chi connectivity index (χ0n) is 57.6. The van der Waals surface area contributed by atoms with Crippen LogP contribution in [0.3, 0.4) is 0 Å². The first-order valence-electron chi connectivity index (χ1n) is 36.6. The van der Waals surface area contributed by atoms with Crippen molar-refractivity contribution in [2.24, 2.45) is 5.92 Å². The first kappa shape index (κ1) is 87.1. The van der Waals surface area contributed by atoms with E-state index in [2.05, 4.69) is 34.6 Å². The summed E-state index contributed by atoms with van der Waals surface area (Å²) in [6.45, 7) is 7.18. The van der Waals surface area contributed by atoms with Gasteiger partial charge in [-0.2, -0.15) is 0 Å². The lowest BCUT2D eigenvalue weighted by Crippen LogP contribution is -2.30. The predicted octanol–water partition coefficient (Wildman–Crippen LogP) is 20.1. The summed E-state index contributed by atoms with van der Waals surface area (Å²) < 4.78 is 68.2. The van der Waals surface area contributed by atoms with E-state index in [9.17, 15) is 43.2 Å². The monoisotopic (exact) mass is 1310 g/mol. The maximum atomic E-state index is 13.0. The molecule has 0 heterocycles. The minimum absolute atomic E-state index is 0.107. The molecule has 0 aromatic rings. The smallest absolute Gasteiger partial charge is 0.462 e. The lowest BCUT2D eigenvalue weighted by Gasteiger charge is -2.21. The number of aliphatic hydroxyl groups is 1. The second-order valence-corrected chi connectivity index (χ2v) is 28.7. The number of rotatable bonds is 70. The highest BCUT2D eigenvalue weighted by atomic mass is 31.2. The molecule has 5 atom stereocenters. The highest BCUT2D eigenvalue weighted by Crippen LogP contribution is 2.45. The fourth-order valence-electron chi connectivity index (χ4n) is 10.6. The van der Waals surface area contributed by atoms with E-state index in [1.807, 2.05) is 0 Å². The SMILES string of the molecule is CCCCCCCCCCCCCCCCCCCCCC(=O)O[C@H](COC(=O)CCCCCCCCCCC(C)C)COP(=O)(O)OC[C@@H](O)COP(=O)(O)OC[C@@H](COC(=O)CCCCCCCCCC)OC(=O)CCCCCCCCCCCCC. The van der Waals surface area contributed by atoms with Gasteiger partial charge < -0.3 is 33.8 Å². The summed E-state index contributed by atoms with van der Waals surface area (Å²) in [6.07, 6.45) is 50.1. The van der Waals surface area contributed by atoms with Gasteiger partial charge in [-0.1, -0.05) is 311 Å². The van der Waals surface area contributed by atoms with Gasteiger partial charge in [0.05, 0.1) is 26.4 Å². The molecule has 0 spiro atoms. The Labute approximate surface area is 543 Å². The van der Waals surface area contributed by atoms with E-state index < -0.39 is 97.5 Å². The third-order valence-corrected chi connectivity index (χ3v) is 18.2. The van der Waals surface area contributed by atoms with Crippen LogP contribution < -0.4 is 0 Å². The Balaban J connectivity index is 5.17. The molecule has 0 rings (SSSR count). The van der Waals surface area contributed by atoms with Gasteiger partial charge in [0.1, 0.15) is 19.3 Å². The summed E-state index contributed by atoms with van der Waals surface area (Å²) in [6, 6.07) is 0. The molecular formula is C70H136O17P2. The predicted molar refractivity (Wildman–Crippen MR) is 358 cm³/mol. The second kappa shape index (κ2) is 63.5. The van der Waals surface area contributed by atoms with E-state index >= 15 is 0 Å². The van der Waals surface area contributed by atoms with Crippen LogP contribution in [-0.2, 0) is 65.4 Å². The first-order chi connectivity index (χ1) is 43.0. The van der Waals surface area contributed by atoms with Crippen LogP contribution in [-0.4, -0.2) is 96.7 Å². The van der Waals surface area contributed by atoms with E-state index in [4.69, 9.17) is 37.0 Å². The van der Waals surface area contributed by atoms with Gasteiger partial charge in [-0.25, -0.2) is 9.13 Å². The number of carbonyl (C=O) groups is 4. The second-order valence-electron chi connectivity index (χ2n) is 25.7. The molecule has 528 valence electrons. The van der Waals surface area contributed by atoms with Gasteiger partial charge in [0, 0.05) is 25.7 Å². The largest absolute Gasteiger partial charge is 0.472 e. The molecule has 0 fully saturated rings. The van der Waals surface area contributed by atoms with Crippen molar-refractivity contribution in [3.63, 3.8) is 0 Å². The van der Waals surface area contributed by atoms with Crippen LogP contribution in [0.5, 0.6) is 0 Å². The number of phosphoric acid groups is 2. The minimum Gasteiger partial charge on any atom is -0.462 e. The Morgan fingerprint density at radius 3 is 0.764 bits per heavy atom. The fourth-order valence-corrected chi connectivity index (χ4v) is 12.2. The summed E-state index contributed by atoms with van der Waals surface area (Å²) in [5.74, 6) is -1.40. The molecule has 3 N–H and O–H groups in total. The van der Waals surface area contributed by atoms with Gasteiger partial charge in [0.2, 0.25) is 0 Å². The van der Waals surface area contributed by atoms with Crippen LogP contribution >= 0.6 is 15.6 Å². The quantitative estimate of drug-likeness (QED) is 0.0222. The van der Waals surface area contributed by atoms with E-state index in [1.165, 1.54) is 180 Å². The maximum Gasteiger partial charge on any atom is 0.472 e. The number of esters is 4. The van der Waals surface area contributed by atoms with E-state index in [0.717, 1.165) is 102 Å². The molecule has 0 aliphatic rings. The van der Waals surface area contributed by atoms with Crippen molar-refractivity contribution in [2.75, 3.05) is 39.6 Å². The van der Waals surface area contributed by atoms with Crippen molar-refractivity contribution >= 4 is 39.5 Å². The maximum absolute atomic E-state index is 13.0. The van der Waals surface area contributed by atoms with Crippen LogP contribution in [0.1, 0.15) is 362 Å². The topological polar surface area (TPSA) is 237 Å². The number of ether oxygens (including phenoxy) is 4. The lowest BCUT2D eigenvalue weighted by molar-refractivity contribution is -0.161. The molecule has 0 amide bonds. The van der Waals surface area contributed by atoms with Gasteiger partial charge >= 0.3 is 39.5 Å². The molecule has 0 saturated carbocycles. The van der Waals surface area contributed by atoms with Crippen LogP contribution in [0.2, 0.25) is 0 Å². The van der Waals surface area contributed by atoms with E-state index in [-0.39, 0.29) is 25.7 Å². The number of hydrogen-bond donors (Lipinski definition) is 3.